The maximum atomic E-state index is 13.5. The average Bonchev–Trinajstić information content (AvgIpc) is 2.84. The van der Waals surface area contributed by atoms with Crippen LogP contribution in [-0.4, -0.2) is 62.2 Å². The van der Waals surface area contributed by atoms with Crippen molar-refractivity contribution in [2.24, 2.45) is 0 Å². The number of sulfonamides is 1. The van der Waals surface area contributed by atoms with Crippen molar-refractivity contribution in [2.45, 2.75) is 57.1 Å². The summed E-state index contributed by atoms with van der Waals surface area (Å²) in [5.41, 5.74) is 0.789. The molecule has 0 fully saturated rings. The van der Waals surface area contributed by atoms with E-state index in [4.69, 9.17) is 16.3 Å². The summed E-state index contributed by atoms with van der Waals surface area (Å²) < 4.78 is 32.2. The first-order valence-electron chi connectivity index (χ1n) is 11.5. The van der Waals surface area contributed by atoms with E-state index in [1.165, 1.54) is 36.2 Å². The van der Waals surface area contributed by atoms with Crippen molar-refractivity contribution in [1.29, 1.82) is 0 Å². The zero-order valence-electron chi connectivity index (χ0n) is 20.8. The molecule has 0 saturated heterocycles. The van der Waals surface area contributed by atoms with Gasteiger partial charge >= 0.3 is 0 Å². The number of methoxy groups -OCH3 is 1. The fourth-order valence-corrected chi connectivity index (χ4v) is 4.69. The summed E-state index contributed by atoms with van der Waals surface area (Å²) in [5, 5.41) is 3.35. The molecule has 8 nitrogen and oxygen atoms in total. The molecule has 0 bridgehead atoms. The first-order chi connectivity index (χ1) is 16.5. The number of amides is 2. The second-order valence-electron chi connectivity index (χ2n) is 8.33. The fourth-order valence-electron chi connectivity index (χ4n) is 3.44. The molecular formula is C25H34ClN3O5S. The molecule has 0 aromatic heterocycles. The summed E-state index contributed by atoms with van der Waals surface area (Å²) >= 11 is 5.88. The van der Waals surface area contributed by atoms with E-state index in [0.29, 0.717) is 17.2 Å². The molecule has 0 heterocycles. The summed E-state index contributed by atoms with van der Waals surface area (Å²) in [6, 6.07) is 12.1. The van der Waals surface area contributed by atoms with Crippen molar-refractivity contribution >= 4 is 33.4 Å². The number of halogens is 1. The van der Waals surface area contributed by atoms with Crippen molar-refractivity contribution in [3.05, 3.63) is 59.1 Å². The van der Waals surface area contributed by atoms with Gasteiger partial charge in [0.2, 0.25) is 21.8 Å². The summed E-state index contributed by atoms with van der Waals surface area (Å²) in [6.07, 6.45) is 1.12. The van der Waals surface area contributed by atoms with E-state index >= 15 is 0 Å². The standard InChI is InChI=1S/C25H34ClN3O5S/c1-6-18(3)27-25(31)23(7-2)29(16-19-8-12-21(34-5)13-9-19)24(30)17-28(4)35(32,33)22-14-10-20(26)11-15-22/h8-15,18,23H,6-7,16-17H2,1-5H3,(H,27,31)/t18-,23-/m0/s1. The molecule has 0 radical (unpaired) electrons. The molecule has 0 aliphatic carbocycles. The molecule has 2 aromatic rings. The molecule has 10 heteroatoms. The lowest BCUT2D eigenvalue weighted by Crippen LogP contribution is -2.53. The van der Waals surface area contributed by atoms with Crippen LogP contribution in [0.1, 0.15) is 39.2 Å². The summed E-state index contributed by atoms with van der Waals surface area (Å²) in [5.74, 6) is -0.0825. The number of carbonyl (C=O) groups excluding carboxylic acids is 2. The summed E-state index contributed by atoms with van der Waals surface area (Å²) in [6.45, 7) is 5.40. The molecule has 0 aliphatic heterocycles. The average molecular weight is 524 g/mol. The van der Waals surface area contributed by atoms with Crippen LogP contribution in [0, 0.1) is 0 Å². The Morgan fingerprint density at radius 1 is 1.03 bits per heavy atom. The molecule has 0 spiro atoms. The molecule has 35 heavy (non-hydrogen) atoms. The van der Waals surface area contributed by atoms with E-state index in [1.807, 2.05) is 32.9 Å². The predicted molar refractivity (Wildman–Crippen MR) is 137 cm³/mol. The van der Waals surface area contributed by atoms with Crippen LogP contribution in [0.2, 0.25) is 5.02 Å². The Kier molecular flexibility index (Phi) is 10.5. The molecule has 2 aromatic carbocycles. The Balaban J connectivity index is 2.32. The Hall–Kier alpha value is -2.62. The van der Waals surface area contributed by atoms with E-state index in [-0.39, 0.29) is 23.4 Å². The second-order valence-corrected chi connectivity index (χ2v) is 10.8. The van der Waals surface area contributed by atoms with Crippen molar-refractivity contribution < 1.29 is 22.7 Å². The van der Waals surface area contributed by atoms with Gasteiger partial charge in [-0.1, -0.05) is 37.6 Å². The molecule has 2 rings (SSSR count). The van der Waals surface area contributed by atoms with Crippen LogP contribution < -0.4 is 10.1 Å². The maximum Gasteiger partial charge on any atom is 0.243 e. The number of nitrogens with one attached hydrogen (secondary N) is 1. The van der Waals surface area contributed by atoms with Gasteiger partial charge in [0, 0.05) is 24.7 Å². The topological polar surface area (TPSA) is 96.0 Å². The number of likely N-dealkylation sites (N-methyl/N-ethyl adjacent to an activating group) is 1. The lowest BCUT2D eigenvalue weighted by Gasteiger charge is -2.32. The first-order valence-corrected chi connectivity index (χ1v) is 13.3. The van der Waals surface area contributed by atoms with E-state index in [9.17, 15) is 18.0 Å². The molecule has 192 valence electrons. The van der Waals surface area contributed by atoms with Gasteiger partial charge in [0.25, 0.3) is 0 Å². The van der Waals surface area contributed by atoms with Crippen molar-refractivity contribution in [2.75, 3.05) is 20.7 Å². The first kappa shape index (κ1) is 28.6. The van der Waals surface area contributed by atoms with Gasteiger partial charge in [-0.25, -0.2) is 8.42 Å². The molecule has 1 N–H and O–H groups in total. The van der Waals surface area contributed by atoms with Crippen molar-refractivity contribution in [3.63, 3.8) is 0 Å². The zero-order chi connectivity index (χ0) is 26.2. The number of rotatable bonds is 12. The van der Waals surface area contributed by atoms with Gasteiger partial charge in [-0.3, -0.25) is 9.59 Å². The van der Waals surface area contributed by atoms with Crippen LogP contribution in [0.3, 0.4) is 0 Å². The summed E-state index contributed by atoms with van der Waals surface area (Å²) in [4.78, 5) is 28.0. The van der Waals surface area contributed by atoms with Crippen molar-refractivity contribution in [3.8, 4) is 5.75 Å². The minimum atomic E-state index is -3.93. The minimum absolute atomic E-state index is 0.0282. The van der Waals surface area contributed by atoms with Gasteiger partial charge in [0.05, 0.1) is 18.6 Å². The summed E-state index contributed by atoms with van der Waals surface area (Å²) in [7, 11) is -1.03. The number of ether oxygens (including phenoxy) is 1. The van der Waals surface area contributed by atoms with Gasteiger partial charge in [-0.05, 0) is 61.7 Å². The molecule has 0 unspecified atom stereocenters. The van der Waals surface area contributed by atoms with Gasteiger partial charge < -0.3 is 15.0 Å². The normalized spacial score (nSPS) is 13.2. The van der Waals surface area contributed by atoms with Crippen LogP contribution in [-0.2, 0) is 26.2 Å². The van der Waals surface area contributed by atoms with E-state index in [1.54, 1.807) is 19.2 Å². The van der Waals surface area contributed by atoms with E-state index in [0.717, 1.165) is 16.3 Å². The third-order valence-corrected chi connectivity index (χ3v) is 7.85. The Labute approximate surface area is 213 Å². The van der Waals surface area contributed by atoms with E-state index < -0.39 is 28.5 Å². The van der Waals surface area contributed by atoms with Crippen molar-refractivity contribution in [1.82, 2.24) is 14.5 Å². The van der Waals surface area contributed by atoms with Crippen LogP contribution in [0.5, 0.6) is 5.75 Å². The number of carbonyl (C=O) groups is 2. The van der Waals surface area contributed by atoms with Crippen LogP contribution in [0.15, 0.2) is 53.4 Å². The monoisotopic (exact) mass is 523 g/mol. The number of benzene rings is 2. The van der Waals surface area contributed by atoms with Crippen LogP contribution in [0.4, 0.5) is 0 Å². The highest BCUT2D eigenvalue weighted by molar-refractivity contribution is 7.89. The smallest absolute Gasteiger partial charge is 0.243 e. The number of nitrogens with zero attached hydrogens (tertiary/aromatic N) is 2. The Bertz CT molecular complexity index is 1090. The molecule has 0 saturated carbocycles. The predicted octanol–water partition coefficient (Wildman–Crippen LogP) is 3.69. The highest BCUT2D eigenvalue weighted by atomic mass is 35.5. The van der Waals surface area contributed by atoms with Gasteiger partial charge in [-0.15, -0.1) is 0 Å². The largest absolute Gasteiger partial charge is 0.497 e. The lowest BCUT2D eigenvalue weighted by atomic mass is 10.1. The molecule has 0 aliphatic rings. The highest BCUT2D eigenvalue weighted by Crippen LogP contribution is 2.20. The Morgan fingerprint density at radius 2 is 1.63 bits per heavy atom. The quantitative estimate of drug-likeness (QED) is 0.457. The number of hydrogen-bond acceptors (Lipinski definition) is 5. The number of hydrogen-bond donors (Lipinski definition) is 1. The lowest BCUT2D eigenvalue weighted by molar-refractivity contribution is -0.141. The van der Waals surface area contributed by atoms with E-state index in [2.05, 4.69) is 5.32 Å². The van der Waals surface area contributed by atoms with Crippen LogP contribution >= 0.6 is 11.6 Å². The zero-order valence-corrected chi connectivity index (χ0v) is 22.4. The maximum absolute atomic E-state index is 13.5. The van der Waals surface area contributed by atoms with Gasteiger partial charge in [0.1, 0.15) is 11.8 Å². The fraction of sp³-hybridized carbons (Fsp3) is 0.440. The van der Waals surface area contributed by atoms with Gasteiger partial charge in [-0.2, -0.15) is 4.31 Å². The second kappa shape index (κ2) is 12.9. The molecule has 2 atom stereocenters. The highest BCUT2D eigenvalue weighted by Gasteiger charge is 2.32. The Morgan fingerprint density at radius 3 is 2.14 bits per heavy atom. The third-order valence-electron chi connectivity index (χ3n) is 5.78. The third kappa shape index (κ3) is 7.68. The molecule has 2 amide bonds. The SMILES string of the molecule is CC[C@H](C)NC(=O)[C@H](CC)N(Cc1ccc(OC)cc1)C(=O)CN(C)S(=O)(=O)c1ccc(Cl)cc1. The molecular weight excluding hydrogens is 490 g/mol. The minimum Gasteiger partial charge on any atom is -0.497 e. The van der Waals surface area contributed by atoms with Gasteiger partial charge in [0.15, 0.2) is 0 Å². The van der Waals surface area contributed by atoms with Crippen LogP contribution in [0.25, 0.3) is 0 Å².